The fourth-order valence-corrected chi connectivity index (χ4v) is 1.90. The van der Waals surface area contributed by atoms with E-state index in [1.165, 1.54) is 19.3 Å². The van der Waals surface area contributed by atoms with E-state index in [1.807, 2.05) is 12.1 Å². The fourth-order valence-electron chi connectivity index (χ4n) is 1.90. The number of hydrogen-bond acceptors (Lipinski definition) is 3. The maximum absolute atomic E-state index is 5.75. The minimum Gasteiger partial charge on any atom is -0.469 e. The van der Waals surface area contributed by atoms with Crippen LogP contribution in [0.2, 0.25) is 0 Å². The third-order valence-electron chi connectivity index (χ3n) is 3.20. The zero-order chi connectivity index (χ0) is 10.5. The molecule has 0 spiro atoms. The summed E-state index contributed by atoms with van der Waals surface area (Å²) in [6.45, 7) is 1.74. The van der Waals surface area contributed by atoms with E-state index in [9.17, 15) is 0 Å². The molecule has 3 N–H and O–H groups in total. The highest BCUT2D eigenvalue weighted by molar-refractivity contribution is 4.99. The Morgan fingerprint density at radius 1 is 1.53 bits per heavy atom. The first kappa shape index (κ1) is 10.7. The normalized spacial score (nSPS) is 18.7. The molecule has 0 aliphatic heterocycles. The second kappa shape index (κ2) is 5.33. The molecule has 1 fully saturated rings. The van der Waals surface area contributed by atoms with E-state index in [-0.39, 0.29) is 0 Å². The molecular formula is C12H20N2O. The van der Waals surface area contributed by atoms with Crippen molar-refractivity contribution in [2.45, 2.75) is 31.7 Å². The van der Waals surface area contributed by atoms with Crippen LogP contribution in [-0.4, -0.2) is 19.1 Å². The fraction of sp³-hybridized carbons (Fsp3) is 0.667. The summed E-state index contributed by atoms with van der Waals surface area (Å²) in [4.78, 5) is 0. The van der Waals surface area contributed by atoms with Gasteiger partial charge in [0.15, 0.2) is 0 Å². The number of hydrogen-bond donors (Lipinski definition) is 2. The molecule has 84 valence electrons. The second-order valence-electron chi connectivity index (χ2n) is 4.42. The van der Waals surface area contributed by atoms with Gasteiger partial charge < -0.3 is 15.5 Å². The molecule has 0 radical (unpaired) electrons. The third kappa shape index (κ3) is 3.08. The predicted molar refractivity (Wildman–Crippen MR) is 60.6 cm³/mol. The molecule has 3 heteroatoms. The molecule has 1 unspecified atom stereocenters. The Balaban J connectivity index is 1.71. The van der Waals surface area contributed by atoms with Crippen LogP contribution >= 0.6 is 0 Å². The van der Waals surface area contributed by atoms with Gasteiger partial charge >= 0.3 is 0 Å². The van der Waals surface area contributed by atoms with Crippen molar-refractivity contribution in [3.8, 4) is 0 Å². The van der Waals surface area contributed by atoms with Crippen molar-refractivity contribution in [2.75, 3.05) is 13.1 Å². The van der Waals surface area contributed by atoms with E-state index in [0.717, 1.165) is 31.3 Å². The molecule has 15 heavy (non-hydrogen) atoms. The van der Waals surface area contributed by atoms with Gasteiger partial charge in [-0.25, -0.2) is 0 Å². The summed E-state index contributed by atoms with van der Waals surface area (Å²) >= 11 is 0. The summed E-state index contributed by atoms with van der Waals surface area (Å²) in [7, 11) is 0. The summed E-state index contributed by atoms with van der Waals surface area (Å²) in [6, 6.07) is 4.70. The topological polar surface area (TPSA) is 51.2 Å². The van der Waals surface area contributed by atoms with Crippen LogP contribution in [0.5, 0.6) is 0 Å². The van der Waals surface area contributed by atoms with Gasteiger partial charge in [-0.1, -0.05) is 6.42 Å². The zero-order valence-corrected chi connectivity index (χ0v) is 9.11. The highest BCUT2D eigenvalue weighted by Crippen LogP contribution is 2.18. The molecule has 3 nitrogen and oxygen atoms in total. The maximum atomic E-state index is 5.75. The monoisotopic (exact) mass is 208 g/mol. The number of furan rings is 1. The van der Waals surface area contributed by atoms with Crippen molar-refractivity contribution in [2.24, 2.45) is 11.7 Å². The molecule has 0 aromatic carbocycles. The molecule has 0 saturated heterocycles. The molecule has 0 amide bonds. The van der Waals surface area contributed by atoms with Crippen LogP contribution in [-0.2, 0) is 6.42 Å². The third-order valence-corrected chi connectivity index (χ3v) is 3.20. The van der Waals surface area contributed by atoms with Crippen molar-refractivity contribution in [1.29, 1.82) is 0 Å². The Kier molecular flexibility index (Phi) is 3.80. The van der Waals surface area contributed by atoms with Gasteiger partial charge in [-0.3, -0.25) is 0 Å². The van der Waals surface area contributed by atoms with Crippen LogP contribution in [0.25, 0.3) is 0 Å². The molecule has 1 aliphatic rings. The van der Waals surface area contributed by atoms with E-state index in [2.05, 4.69) is 5.32 Å². The quantitative estimate of drug-likeness (QED) is 0.745. The lowest BCUT2D eigenvalue weighted by Gasteiger charge is -2.28. The van der Waals surface area contributed by atoms with Crippen LogP contribution in [0.15, 0.2) is 22.8 Å². The van der Waals surface area contributed by atoms with Gasteiger partial charge in [-0.05, 0) is 44.0 Å². The van der Waals surface area contributed by atoms with Crippen LogP contribution in [0.3, 0.4) is 0 Å². The van der Waals surface area contributed by atoms with Gasteiger partial charge in [0.2, 0.25) is 0 Å². The molecule has 1 aromatic rings. The second-order valence-corrected chi connectivity index (χ2v) is 4.42. The highest BCUT2D eigenvalue weighted by Gasteiger charge is 2.18. The number of nitrogens with two attached hydrogens (primary N) is 1. The van der Waals surface area contributed by atoms with E-state index in [1.54, 1.807) is 6.26 Å². The lowest BCUT2D eigenvalue weighted by molar-refractivity contribution is 0.311. The standard InChI is InChI=1S/C12H20N2O/c13-8-10(7-12-5-2-6-15-12)9-14-11-3-1-4-11/h2,5-6,10-11,14H,1,3-4,7-9,13H2. The maximum Gasteiger partial charge on any atom is 0.104 e. The first-order valence-electron chi connectivity index (χ1n) is 5.84. The molecule has 1 aromatic heterocycles. The van der Waals surface area contributed by atoms with Crippen LogP contribution < -0.4 is 11.1 Å². The van der Waals surface area contributed by atoms with Crippen molar-refractivity contribution in [3.63, 3.8) is 0 Å². The SMILES string of the molecule is NCC(CNC1CCC1)Cc1ccco1. The van der Waals surface area contributed by atoms with E-state index in [0.29, 0.717) is 5.92 Å². The van der Waals surface area contributed by atoms with Crippen molar-refractivity contribution < 1.29 is 4.42 Å². The van der Waals surface area contributed by atoms with Gasteiger partial charge in [0.05, 0.1) is 6.26 Å². The Labute approximate surface area is 91.0 Å². The largest absolute Gasteiger partial charge is 0.469 e. The Bertz CT molecular complexity index is 267. The lowest BCUT2D eigenvalue weighted by atomic mass is 9.92. The highest BCUT2D eigenvalue weighted by atomic mass is 16.3. The minimum atomic E-state index is 0.497. The molecule has 1 aliphatic carbocycles. The van der Waals surface area contributed by atoms with Crippen LogP contribution in [0.1, 0.15) is 25.0 Å². The van der Waals surface area contributed by atoms with E-state index >= 15 is 0 Å². The van der Waals surface area contributed by atoms with Gasteiger partial charge in [-0.15, -0.1) is 0 Å². The summed E-state index contributed by atoms with van der Waals surface area (Å²) in [5.74, 6) is 1.54. The average molecular weight is 208 g/mol. The first-order chi connectivity index (χ1) is 7.38. The predicted octanol–water partition coefficient (Wildman–Crippen LogP) is 1.54. The smallest absolute Gasteiger partial charge is 0.104 e. The Morgan fingerprint density at radius 2 is 2.40 bits per heavy atom. The van der Waals surface area contributed by atoms with E-state index in [4.69, 9.17) is 10.2 Å². The zero-order valence-electron chi connectivity index (χ0n) is 9.11. The van der Waals surface area contributed by atoms with Crippen molar-refractivity contribution in [1.82, 2.24) is 5.32 Å². The Hall–Kier alpha value is -0.800. The van der Waals surface area contributed by atoms with Gasteiger partial charge in [0.1, 0.15) is 5.76 Å². The number of rotatable bonds is 6. The summed E-state index contributed by atoms with van der Waals surface area (Å²) in [6.07, 6.45) is 6.71. The van der Waals surface area contributed by atoms with Gasteiger partial charge in [0, 0.05) is 12.5 Å². The van der Waals surface area contributed by atoms with Gasteiger partial charge in [-0.2, -0.15) is 0 Å². The molecule has 1 heterocycles. The van der Waals surface area contributed by atoms with Crippen molar-refractivity contribution >= 4 is 0 Å². The molecule has 2 rings (SSSR count). The van der Waals surface area contributed by atoms with Gasteiger partial charge in [0.25, 0.3) is 0 Å². The van der Waals surface area contributed by atoms with E-state index < -0.39 is 0 Å². The van der Waals surface area contributed by atoms with Crippen LogP contribution in [0, 0.1) is 5.92 Å². The molecule has 1 saturated carbocycles. The Morgan fingerprint density at radius 3 is 2.93 bits per heavy atom. The minimum absolute atomic E-state index is 0.497. The summed E-state index contributed by atoms with van der Waals surface area (Å²) < 4.78 is 5.33. The lowest BCUT2D eigenvalue weighted by Crippen LogP contribution is -2.40. The van der Waals surface area contributed by atoms with Crippen LogP contribution in [0.4, 0.5) is 0 Å². The summed E-state index contributed by atoms with van der Waals surface area (Å²) in [5, 5.41) is 3.56. The summed E-state index contributed by atoms with van der Waals surface area (Å²) in [5.41, 5.74) is 5.75. The number of nitrogens with one attached hydrogen (secondary N) is 1. The molecule has 0 bridgehead atoms. The molecule has 1 atom stereocenters. The van der Waals surface area contributed by atoms with Crippen molar-refractivity contribution in [3.05, 3.63) is 24.2 Å². The average Bonchev–Trinajstić information content (AvgIpc) is 2.66. The first-order valence-corrected chi connectivity index (χ1v) is 5.84. The molecular weight excluding hydrogens is 188 g/mol.